The van der Waals surface area contributed by atoms with Crippen molar-refractivity contribution < 1.29 is 0 Å². The topological polar surface area (TPSA) is 12.0 Å². The molecule has 0 amide bonds. The Labute approximate surface area is 56.4 Å². The third-order valence-electron chi connectivity index (χ3n) is 1.26. The molecular formula is C5H9MgN. The summed E-state index contributed by atoms with van der Waals surface area (Å²) in [6, 6.07) is 0. The van der Waals surface area contributed by atoms with Crippen molar-refractivity contribution in [1.82, 2.24) is 5.32 Å². The molecular weight excluding hydrogens is 98.4 g/mol. The standard InChI is InChI=1S/C5H9N.Mg/c1-2-4-6-5-3-1;/h6H,1-2,4-5H2;. The third-order valence-corrected chi connectivity index (χ3v) is 1.86. The fourth-order valence-corrected chi connectivity index (χ4v) is 1.24. The molecule has 0 aromatic rings. The molecule has 0 radical (unpaired) electrons. The van der Waals surface area contributed by atoms with Gasteiger partial charge in [0.05, 0.1) is 0 Å². The van der Waals surface area contributed by atoms with Crippen LogP contribution < -0.4 is 5.32 Å². The van der Waals surface area contributed by atoms with Gasteiger partial charge in [0.25, 0.3) is 0 Å². The van der Waals surface area contributed by atoms with Gasteiger partial charge in [0.2, 0.25) is 0 Å². The molecule has 7 heavy (non-hydrogen) atoms. The fraction of sp³-hybridized carbons (Fsp3) is 0.800. The Morgan fingerprint density at radius 3 is 2.71 bits per heavy atom. The molecule has 0 aromatic carbocycles. The van der Waals surface area contributed by atoms with E-state index in [1.165, 1.54) is 25.9 Å². The first kappa shape index (κ1) is 5.73. The van der Waals surface area contributed by atoms with E-state index < -0.39 is 0 Å². The van der Waals surface area contributed by atoms with E-state index in [2.05, 4.69) is 5.32 Å². The second-order valence-electron chi connectivity index (χ2n) is 2.03. The predicted molar refractivity (Wildman–Crippen MR) is 32.9 cm³/mol. The van der Waals surface area contributed by atoms with E-state index in [9.17, 15) is 0 Å². The van der Waals surface area contributed by atoms with Crippen LogP contribution in [-0.4, -0.2) is 38.0 Å². The summed E-state index contributed by atoms with van der Waals surface area (Å²) < 4.78 is 1.63. The molecule has 1 fully saturated rings. The molecule has 1 aliphatic rings. The van der Waals surface area contributed by atoms with Gasteiger partial charge in [0, 0.05) is 0 Å². The summed E-state index contributed by atoms with van der Waals surface area (Å²) in [6.07, 6.45) is 2.70. The first-order valence-corrected chi connectivity index (χ1v) is 3.47. The van der Waals surface area contributed by atoms with Crippen LogP contribution in [0.2, 0.25) is 0 Å². The Morgan fingerprint density at radius 1 is 1.57 bits per heavy atom. The van der Waals surface area contributed by atoms with Crippen LogP contribution in [0.3, 0.4) is 0 Å². The van der Waals surface area contributed by atoms with Gasteiger partial charge in [-0.15, -0.1) is 0 Å². The van der Waals surface area contributed by atoms with Crippen molar-refractivity contribution in [1.29, 1.82) is 0 Å². The summed E-state index contributed by atoms with van der Waals surface area (Å²) in [6.45, 7) is 2.39. The first-order valence-electron chi connectivity index (χ1n) is 2.77. The van der Waals surface area contributed by atoms with Crippen LogP contribution >= 0.6 is 0 Å². The SMILES string of the molecule is [Mg]=[C]1CCCNC1. The summed E-state index contributed by atoms with van der Waals surface area (Å²) in [4.78, 5) is 0. The van der Waals surface area contributed by atoms with Crippen molar-refractivity contribution >= 4 is 24.9 Å². The van der Waals surface area contributed by atoms with Gasteiger partial charge in [0.15, 0.2) is 0 Å². The zero-order chi connectivity index (χ0) is 5.11. The molecule has 2 heteroatoms. The molecule has 0 aliphatic carbocycles. The average Bonchev–Trinajstić information content (AvgIpc) is 1.69. The summed E-state index contributed by atoms with van der Waals surface area (Å²) in [5.74, 6) is 0. The summed E-state index contributed by atoms with van der Waals surface area (Å²) in [7, 11) is 0. The molecule has 0 aromatic heterocycles. The Morgan fingerprint density at radius 2 is 2.43 bits per heavy atom. The van der Waals surface area contributed by atoms with Gasteiger partial charge in [-0.1, -0.05) is 0 Å². The van der Waals surface area contributed by atoms with E-state index in [0.29, 0.717) is 0 Å². The minimum absolute atomic E-state index is 1.17. The third kappa shape index (κ3) is 1.89. The van der Waals surface area contributed by atoms with Gasteiger partial charge in [-0.2, -0.15) is 0 Å². The number of nitrogens with one attached hydrogen (secondary N) is 1. The molecule has 1 nitrogen and oxygen atoms in total. The molecule has 1 N–H and O–H groups in total. The zero-order valence-electron chi connectivity index (χ0n) is 4.54. The number of rotatable bonds is 0. The molecule has 1 heterocycles. The maximum absolute atomic E-state index is 3.30. The Balaban J connectivity index is 2.25. The monoisotopic (exact) mass is 107 g/mol. The van der Waals surface area contributed by atoms with Gasteiger partial charge in [0.1, 0.15) is 0 Å². The molecule has 0 spiro atoms. The van der Waals surface area contributed by atoms with Crippen LogP contribution in [0.5, 0.6) is 0 Å². The zero-order valence-corrected chi connectivity index (χ0v) is 5.95. The van der Waals surface area contributed by atoms with E-state index in [1.807, 2.05) is 21.2 Å². The van der Waals surface area contributed by atoms with Crippen LogP contribution in [0.25, 0.3) is 0 Å². The van der Waals surface area contributed by atoms with Gasteiger partial charge >= 0.3 is 56.1 Å². The summed E-state index contributed by atoms with van der Waals surface area (Å²) in [5, 5.41) is 3.30. The average molecular weight is 107 g/mol. The Hall–Kier alpha value is 0.596. The van der Waals surface area contributed by atoms with E-state index in [1.54, 1.807) is 3.63 Å². The van der Waals surface area contributed by atoms with Crippen molar-refractivity contribution in [2.75, 3.05) is 13.1 Å². The number of piperidine rings is 1. The molecule has 1 saturated heterocycles. The van der Waals surface area contributed by atoms with Gasteiger partial charge in [-0.25, -0.2) is 0 Å². The molecule has 1 rings (SSSR count). The molecule has 0 saturated carbocycles. The van der Waals surface area contributed by atoms with Crippen LogP contribution in [0.15, 0.2) is 0 Å². The second-order valence-corrected chi connectivity index (χ2v) is 3.03. The van der Waals surface area contributed by atoms with Crippen LogP contribution in [0, 0.1) is 0 Å². The van der Waals surface area contributed by atoms with Crippen molar-refractivity contribution in [3.8, 4) is 0 Å². The van der Waals surface area contributed by atoms with Crippen molar-refractivity contribution in [3.05, 3.63) is 0 Å². The van der Waals surface area contributed by atoms with Crippen LogP contribution in [-0.2, 0) is 0 Å². The fourth-order valence-electron chi connectivity index (χ4n) is 0.817. The maximum atomic E-state index is 3.30. The molecule has 0 bridgehead atoms. The van der Waals surface area contributed by atoms with Crippen LogP contribution in [0.1, 0.15) is 12.8 Å². The van der Waals surface area contributed by atoms with Gasteiger partial charge < -0.3 is 0 Å². The van der Waals surface area contributed by atoms with Crippen molar-refractivity contribution in [2.45, 2.75) is 12.8 Å². The van der Waals surface area contributed by atoms with E-state index in [-0.39, 0.29) is 0 Å². The normalized spacial score (nSPS) is 22.9. The van der Waals surface area contributed by atoms with Gasteiger partial charge in [-0.3, -0.25) is 0 Å². The van der Waals surface area contributed by atoms with Crippen molar-refractivity contribution in [2.24, 2.45) is 0 Å². The summed E-state index contributed by atoms with van der Waals surface area (Å²) in [5.41, 5.74) is 0. The molecule has 36 valence electrons. The van der Waals surface area contributed by atoms with Gasteiger partial charge in [-0.05, 0) is 0 Å². The molecule has 1 aliphatic heterocycles. The van der Waals surface area contributed by atoms with Crippen molar-refractivity contribution in [3.63, 3.8) is 0 Å². The molecule has 0 atom stereocenters. The van der Waals surface area contributed by atoms with E-state index in [4.69, 9.17) is 0 Å². The number of hydrogen-bond acceptors (Lipinski definition) is 1. The number of hydrogen-bond donors (Lipinski definition) is 1. The Bertz CT molecular complexity index is 72.1. The minimum atomic E-state index is 1.17. The first-order chi connectivity index (χ1) is 3.39. The Kier molecular flexibility index (Phi) is 2.29. The van der Waals surface area contributed by atoms with E-state index >= 15 is 0 Å². The second kappa shape index (κ2) is 2.80. The predicted octanol–water partition coefficient (Wildman–Crippen LogP) is -0.289. The van der Waals surface area contributed by atoms with Crippen LogP contribution in [0.4, 0.5) is 0 Å². The van der Waals surface area contributed by atoms with E-state index in [0.717, 1.165) is 0 Å². The molecule has 0 unspecified atom stereocenters. The quantitative estimate of drug-likeness (QED) is 0.420. The summed E-state index contributed by atoms with van der Waals surface area (Å²) >= 11 is 2.03.